The molecule has 0 unspecified atom stereocenters. The zero-order valence-electron chi connectivity index (χ0n) is 11.8. The second kappa shape index (κ2) is 7.43. The van der Waals surface area contributed by atoms with Crippen LogP contribution in [-0.4, -0.2) is 27.6 Å². The summed E-state index contributed by atoms with van der Waals surface area (Å²) in [7, 11) is -2.45. The minimum absolute atomic E-state index is 0.118. The Kier molecular flexibility index (Phi) is 7.47. The fraction of sp³-hybridized carbons (Fsp3) is 1.00. The molecule has 0 aliphatic heterocycles. The van der Waals surface area contributed by atoms with E-state index in [1.807, 2.05) is 13.8 Å². The molecule has 0 heterocycles. The molecule has 0 aromatic rings. The quantitative estimate of drug-likeness (QED) is 0.583. The molecule has 0 rings (SSSR count). The van der Waals surface area contributed by atoms with E-state index in [1.165, 1.54) is 0 Å². The number of hydrogen-bond acceptors (Lipinski definition) is 3. The van der Waals surface area contributed by atoms with Gasteiger partial charge in [0.1, 0.15) is 0 Å². The SMILES string of the molecule is CCO[Si](CC)(OCC)OC(C)(CC)CC. The maximum absolute atomic E-state index is 6.25. The summed E-state index contributed by atoms with van der Waals surface area (Å²) < 4.78 is 17.9. The fourth-order valence-electron chi connectivity index (χ4n) is 1.59. The molecule has 0 spiro atoms. The lowest BCUT2D eigenvalue weighted by Gasteiger charge is -2.37. The third-order valence-corrected chi connectivity index (χ3v) is 6.19. The summed E-state index contributed by atoms with van der Waals surface area (Å²) in [5, 5.41) is 0. The first-order valence-corrected chi connectivity index (χ1v) is 8.42. The molecule has 0 amide bonds. The van der Waals surface area contributed by atoms with E-state index in [0.29, 0.717) is 13.2 Å². The summed E-state index contributed by atoms with van der Waals surface area (Å²) >= 11 is 0. The molecule has 98 valence electrons. The fourth-order valence-corrected chi connectivity index (χ4v) is 4.26. The lowest BCUT2D eigenvalue weighted by Crippen LogP contribution is -2.51. The van der Waals surface area contributed by atoms with Gasteiger partial charge in [-0.3, -0.25) is 0 Å². The van der Waals surface area contributed by atoms with E-state index in [-0.39, 0.29) is 5.60 Å². The average molecular weight is 248 g/mol. The van der Waals surface area contributed by atoms with Gasteiger partial charge < -0.3 is 13.3 Å². The van der Waals surface area contributed by atoms with Crippen LogP contribution < -0.4 is 0 Å². The van der Waals surface area contributed by atoms with Gasteiger partial charge in [-0.05, 0) is 33.6 Å². The van der Waals surface area contributed by atoms with E-state index in [0.717, 1.165) is 18.9 Å². The Morgan fingerprint density at radius 1 is 0.875 bits per heavy atom. The molecule has 0 N–H and O–H groups in total. The minimum atomic E-state index is -2.45. The standard InChI is InChI=1S/C12H28O3Si/c1-7-12(6,8-2)15-16(11-5,13-9-3)14-10-4/h7-11H2,1-6H3. The molecule has 0 aliphatic rings. The molecule has 0 saturated carbocycles. The average Bonchev–Trinajstić information content (AvgIpc) is 2.29. The molecule has 0 aromatic heterocycles. The van der Waals surface area contributed by atoms with Crippen LogP contribution in [0.15, 0.2) is 0 Å². The molecule has 0 fully saturated rings. The van der Waals surface area contributed by atoms with Crippen molar-refractivity contribution in [3.8, 4) is 0 Å². The first-order valence-electron chi connectivity index (χ1n) is 6.49. The Labute approximate surface area is 102 Å². The van der Waals surface area contributed by atoms with Crippen LogP contribution >= 0.6 is 0 Å². The topological polar surface area (TPSA) is 27.7 Å². The van der Waals surface area contributed by atoms with Gasteiger partial charge in [-0.1, -0.05) is 20.8 Å². The molecular weight excluding hydrogens is 220 g/mol. The highest BCUT2D eigenvalue weighted by atomic mass is 28.4. The van der Waals surface area contributed by atoms with Crippen LogP contribution in [0.1, 0.15) is 54.4 Å². The van der Waals surface area contributed by atoms with Crippen molar-refractivity contribution in [3.05, 3.63) is 0 Å². The van der Waals surface area contributed by atoms with Crippen molar-refractivity contribution in [2.45, 2.75) is 66.0 Å². The van der Waals surface area contributed by atoms with Gasteiger partial charge in [-0.15, -0.1) is 0 Å². The molecule has 0 saturated heterocycles. The summed E-state index contributed by atoms with van der Waals surface area (Å²) in [6.07, 6.45) is 1.97. The van der Waals surface area contributed by atoms with Gasteiger partial charge in [0.2, 0.25) is 0 Å². The molecule has 0 aromatic carbocycles. The van der Waals surface area contributed by atoms with Gasteiger partial charge >= 0.3 is 8.80 Å². The van der Waals surface area contributed by atoms with Crippen LogP contribution in [0.3, 0.4) is 0 Å². The smallest absolute Gasteiger partial charge is 0.374 e. The Morgan fingerprint density at radius 2 is 1.31 bits per heavy atom. The lowest BCUT2D eigenvalue weighted by atomic mass is 10.0. The van der Waals surface area contributed by atoms with Crippen LogP contribution in [-0.2, 0) is 13.3 Å². The molecule has 3 nitrogen and oxygen atoms in total. The van der Waals surface area contributed by atoms with Crippen molar-refractivity contribution in [3.63, 3.8) is 0 Å². The predicted octanol–water partition coefficient (Wildman–Crippen LogP) is 3.61. The molecular formula is C12H28O3Si. The lowest BCUT2D eigenvalue weighted by molar-refractivity contribution is -0.0236. The Morgan fingerprint density at radius 3 is 1.56 bits per heavy atom. The largest absolute Gasteiger partial charge is 0.501 e. The van der Waals surface area contributed by atoms with Gasteiger partial charge in [0.05, 0.1) is 5.60 Å². The molecule has 0 aliphatic carbocycles. The van der Waals surface area contributed by atoms with Crippen molar-refractivity contribution in [2.75, 3.05) is 13.2 Å². The Hall–Kier alpha value is 0.0969. The van der Waals surface area contributed by atoms with Gasteiger partial charge in [0.15, 0.2) is 0 Å². The van der Waals surface area contributed by atoms with Crippen LogP contribution in [0.2, 0.25) is 6.04 Å². The van der Waals surface area contributed by atoms with E-state index < -0.39 is 8.80 Å². The summed E-state index contributed by atoms with van der Waals surface area (Å²) in [4.78, 5) is 0. The maximum Gasteiger partial charge on any atom is 0.501 e. The summed E-state index contributed by atoms with van der Waals surface area (Å²) in [6, 6.07) is 0.838. The van der Waals surface area contributed by atoms with Gasteiger partial charge in [-0.25, -0.2) is 0 Å². The van der Waals surface area contributed by atoms with Crippen molar-refractivity contribution in [1.29, 1.82) is 0 Å². The number of hydrogen-bond donors (Lipinski definition) is 0. The van der Waals surface area contributed by atoms with Crippen molar-refractivity contribution in [2.24, 2.45) is 0 Å². The first-order chi connectivity index (χ1) is 7.51. The third-order valence-electron chi connectivity index (χ3n) is 3.06. The number of rotatable bonds is 9. The summed E-state index contributed by atoms with van der Waals surface area (Å²) in [5.74, 6) is 0. The second-order valence-corrected chi connectivity index (χ2v) is 7.02. The molecule has 0 radical (unpaired) electrons. The Balaban J connectivity index is 4.73. The first kappa shape index (κ1) is 16.1. The van der Waals surface area contributed by atoms with Crippen LogP contribution in [0.25, 0.3) is 0 Å². The van der Waals surface area contributed by atoms with E-state index in [9.17, 15) is 0 Å². The molecule has 0 bridgehead atoms. The highest BCUT2D eigenvalue weighted by molar-refractivity contribution is 6.60. The second-order valence-electron chi connectivity index (χ2n) is 4.16. The normalized spacial score (nSPS) is 13.1. The van der Waals surface area contributed by atoms with Crippen molar-refractivity contribution < 1.29 is 13.3 Å². The van der Waals surface area contributed by atoms with E-state index in [2.05, 4.69) is 27.7 Å². The monoisotopic (exact) mass is 248 g/mol. The maximum atomic E-state index is 6.25. The molecule has 4 heteroatoms. The highest BCUT2D eigenvalue weighted by Crippen LogP contribution is 2.28. The highest BCUT2D eigenvalue weighted by Gasteiger charge is 2.44. The van der Waals surface area contributed by atoms with Crippen LogP contribution in [0.5, 0.6) is 0 Å². The van der Waals surface area contributed by atoms with Crippen molar-refractivity contribution >= 4 is 8.80 Å². The van der Waals surface area contributed by atoms with Gasteiger partial charge in [0.25, 0.3) is 0 Å². The van der Waals surface area contributed by atoms with Gasteiger partial charge in [-0.2, -0.15) is 0 Å². The zero-order valence-corrected chi connectivity index (χ0v) is 12.8. The molecule has 16 heavy (non-hydrogen) atoms. The van der Waals surface area contributed by atoms with E-state index in [4.69, 9.17) is 13.3 Å². The van der Waals surface area contributed by atoms with Crippen LogP contribution in [0.4, 0.5) is 0 Å². The minimum Gasteiger partial charge on any atom is -0.374 e. The Bertz CT molecular complexity index is 175. The predicted molar refractivity (Wildman–Crippen MR) is 69.6 cm³/mol. The van der Waals surface area contributed by atoms with E-state index in [1.54, 1.807) is 0 Å². The van der Waals surface area contributed by atoms with Crippen LogP contribution in [0, 0.1) is 0 Å². The molecule has 0 atom stereocenters. The zero-order chi connectivity index (χ0) is 12.7. The summed E-state index contributed by atoms with van der Waals surface area (Å²) in [5.41, 5.74) is -0.118. The summed E-state index contributed by atoms with van der Waals surface area (Å²) in [6.45, 7) is 13.8. The van der Waals surface area contributed by atoms with Crippen molar-refractivity contribution in [1.82, 2.24) is 0 Å². The van der Waals surface area contributed by atoms with Gasteiger partial charge in [0, 0.05) is 19.3 Å². The van der Waals surface area contributed by atoms with E-state index >= 15 is 0 Å². The third kappa shape index (κ3) is 4.53.